The molecule has 3 aromatic heterocycles. The maximum atomic E-state index is 5.83. The SMILES string of the molecule is Brc1cccnc1.C.CC1CCN(c2cccnc2)CC1.CC1CCNCC1.NC1CCN(c2cccnc2)CC1. The van der Waals surface area contributed by atoms with Crippen LogP contribution in [0.2, 0.25) is 0 Å². The Labute approximate surface area is 257 Å². The standard InChI is InChI=1S/C11H16N2.C10H15N3.C6H13N.C5H4BrN.CH4/c1-10-4-7-13(8-5-10)11-3-2-6-12-9-11;11-9-3-6-13(7-4-9)10-2-1-5-12-8-10;1-6-2-4-7-5-3-6;6-5-2-1-3-7-4-5;/h2-3,6,9-10H,4-5,7-8H2,1H3;1-2,5,8-9H,3-4,6-7,11H2;6-7H,2-5H2,1H3;1-4H;1H4. The van der Waals surface area contributed by atoms with Gasteiger partial charge in [-0.2, -0.15) is 0 Å². The highest BCUT2D eigenvalue weighted by Crippen LogP contribution is 2.21. The molecule has 3 aliphatic heterocycles. The van der Waals surface area contributed by atoms with Crippen molar-refractivity contribution >= 4 is 27.3 Å². The molecular formula is C33H52BrN7. The van der Waals surface area contributed by atoms with Gasteiger partial charge in [0.05, 0.1) is 23.8 Å². The summed E-state index contributed by atoms with van der Waals surface area (Å²) in [5, 5.41) is 3.32. The summed E-state index contributed by atoms with van der Waals surface area (Å²) >= 11 is 3.25. The molecule has 3 N–H and O–H groups in total. The molecule has 0 aromatic carbocycles. The highest BCUT2D eigenvalue weighted by Gasteiger charge is 2.16. The Kier molecular flexibility index (Phi) is 17.2. The summed E-state index contributed by atoms with van der Waals surface area (Å²) in [4.78, 5) is 16.8. The Bertz CT molecular complexity index is 946. The Balaban J connectivity index is 0.000000198. The molecule has 0 spiro atoms. The maximum Gasteiger partial charge on any atom is 0.0552 e. The van der Waals surface area contributed by atoms with Gasteiger partial charge >= 0.3 is 0 Å². The molecule has 6 rings (SSSR count). The molecule has 41 heavy (non-hydrogen) atoms. The Morgan fingerprint density at radius 2 is 1.12 bits per heavy atom. The van der Waals surface area contributed by atoms with Crippen LogP contribution in [-0.2, 0) is 0 Å². The van der Waals surface area contributed by atoms with Crippen molar-refractivity contribution in [1.82, 2.24) is 20.3 Å². The van der Waals surface area contributed by atoms with E-state index in [0.29, 0.717) is 6.04 Å². The van der Waals surface area contributed by atoms with Gasteiger partial charge in [0, 0.05) is 61.5 Å². The van der Waals surface area contributed by atoms with Gasteiger partial charge in [-0.3, -0.25) is 15.0 Å². The van der Waals surface area contributed by atoms with Crippen LogP contribution in [0.25, 0.3) is 0 Å². The second kappa shape index (κ2) is 20.3. The fourth-order valence-electron chi connectivity index (χ4n) is 4.81. The van der Waals surface area contributed by atoms with Gasteiger partial charge in [-0.05, 0) is 116 Å². The quantitative estimate of drug-likeness (QED) is 0.323. The fourth-order valence-corrected chi connectivity index (χ4v) is 5.09. The van der Waals surface area contributed by atoms with Crippen LogP contribution in [0.5, 0.6) is 0 Å². The molecule has 7 nitrogen and oxygen atoms in total. The van der Waals surface area contributed by atoms with E-state index >= 15 is 0 Å². The van der Waals surface area contributed by atoms with E-state index in [-0.39, 0.29) is 7.43 Å². The molecule has 0 bridgehead atoms. The first-order chi connectivity index (χ1) is 19.5. The van der Waals surface area contributed by atoms with Gasteiger partial charge in [0.1, 0.15) is 0 Å². The predicted octanol–water partition coefficient (Wildman–Crippen LogP) is 6.81. The van der Waals surface area contributed by atoms with Crippen molar-refractivity contribution in [3.8, 4) is 0 Å². The second-order valence-electron chi connectivity index (χ2n) is 11.0. The molecule has 0 saturated carbocycles. The van der Waals surface area contributed by atoms with Gasteiger partial charge in [-0.1, -0.05) is 21.3 Å². The lowest BCUT2D eigenvalue weighted by Gasteiger charge is -2.31. The molecule has 3 aromatic rings. The van der Waals surface area contributed by atoms with Crippen LogP contribution in [0, 0.1) is 11.8 Å². The minimum absolute atomic E-state index is 0. The van der Waals surface area contributed by atoms with Crippen molar-refractivity contribution in [2.75, 3.05) is 49.1 Å². The molecule has 3 aliphatic rings. The van der Waals surface area contributed by atoms with Crippen molar-refractivity contribution in [2.45, 2.75) is 65.8 Å². The molecule has 0 aliphatic carbocycles. The first-order valence-corrected chi connectivity index (χ1v) is 15.6. The van der Waals surface area contributed by atoms with Gasteiger partial charge in [0.15, 0.2) is 0 Å². The summed E-state index contributed by atoms with van der Waals surface area (Å²) in [6.45, 7) is 11.6. The summed E-state index contributed by atoms with van der Waals surface area (Å²) < 4.78 is 1.02. The number of nitrogens with two attached hydrogens (primary N) is 1. The molecule has 3 fully saturated rings. The molecule has 6 heterocycles. The van der Waals surface area contributed by atoms with Crippen molar-refractivity contribution in [1.29, 1.82) is 0 Å². The second-order valence-corrected chi connectivity index (χ2v) is 11.9. The third-order valence-electron chi connectivity index (χ3n) is 7.60. The summed E-state index contributed by atoms with van der Waals surface area (Å²) in [5.41, 5.74) is 8.32. The third-order valence-corrected chi connectivity index (χ3v) is 8.07. The largest absolute Gasteiger partial charge is 0.370 e. The lowest BCUT2D eigenvalue weighted by atomic mass is 9.99. The van der Waals surface area contributed by atoms with E-state index < -0.39 is 0 Å². The average molecular weight is 627 g/mol. The number of pyridine rings is 3. The molecule has 0 amide bonds. The predicted molar refractivity (Wildman–Crippen MR) is 178 cm³/mol. The Morgan fingerprint density at radius 1 is 0.683 bits per heavy atom. The zero-order valence-electron chi connectivity index (χ0n) is 24.3. The van der Waals surface area contributed by atoms with E-state index in [4.69, 9.17) is 5.73 Å². The van der Waals surface area contributed by atoms with Crippen LogP contribution in [-0.4, -0.2) is 60.3 Å². The van der Waals surface area contributed by atoms with Gasteiger partial charge in [-0.25, -0.2) is 0 Å². The number of hydrogen-bond donors (Lipinski definition) is 2. The van der Waals surface area contributed by atoms with Crippen molar-refractivity contribution < 1.29 is 0 Å². The average Bonchev–Trinajstić information content (AvgIpc) is 3.01. The first kappa shape index (κ1) is 34.7. The fraction of sp³-hybridized carbons (Fsp3) is 0.545. The van der Waals surface area contributed by atoms with Gasteiger partial charge in [0.25, 0.3) is 0 Å². The van der Waals surface area contributed by atoms with Crippen LogP contribution in [0.15, 0.2) is 78.1 Å². The number of anilines is 2. The van der Waals surface area contributed by atoms with E-state index in [1.54, 1.807) is 18.6 Å². The van der Waals surface area contributed by atoms with Gasteiger partial charge in [-0.15, -0.1) is 0 Å². The van der Waals surface area contributed by atoms with E-state index in [9.17, 15) is 0 Å². The van der Waals surface area contributed by atoms with Crippen LogP contribution in [0.4, 0.5) is 11.4 Å². The highest BCUT2D eigenvalue weighted by atomic mass is 79.9. The minimum atomic E-state index is 0. The number of hydrogen-bond acceptors (Lipinski definition) is 7. The normalized spacial score (nSPS) is 17.9. The van der Waals surface area contributed by atoms with E-state index in [0.717, 1.165) is 42.2 Å². The number of rotatable bonds is 2. The monoisotopic (exact) mass is 625 g/mol. The lowest BCUT2D eigenvalue weighted by Crippen LogP contribution is -2.39. The van der Waals surface area contributed by atoms with Crippen molar-refractivity contribution in [2.24, 2.45) is 17.6 Å². The van der Waals surface area contributed by atoms with Crippen molar-refractivity contribution in [3.63, 3.8) is 0 Å². The summed E-state index contributed by atoms with van der Waals surface area (Å²) in [6, 6.07) is 12.4. The molecule has 0 unspecified atom stereocenters. The Hall–Kier alpha value is -2.55. The van der Waals surface area contributed by atoms with Crippen molar-refractivity contribution in [3.05, 3.63) is 78.1 Å². The van der Waals surface area contributed by atoms with E-state index in [1.807, 2.05) is 42.9 Å². The first-order valence-electron chi connectivity index (χ1n) is 14.8. The molecule has 0 radical (unpaired) electrons. The summed E-state index contributed by atoms with van der Waals surface area (Å²) in [7, 11) is 0. The smallest absolute Gasteiger partial charge is 0.0552 e. The minimum Gasteiger partial charge on any atom is -0.370 e. The number of piperidine rings is 3. The summed E-state index contributed by atoms with van der Waals surface area (Å²) in [6.07, 6.45) is 18.6. The van der Waals surface area contributed by atoms with Gasteiger partial charge in [0.2, 0.25) is 0 Å². The lowest BCUT2D eigenvalue weighted by molar-refractivity contribution is 0.402. The zero-order chi connectivity index (χ0) is 28.4. The highest BCUT2D eigenvalue weighted by molar-refractivity contribution is 9.10. The van der Waals surface area contributed by atoms with Crippen LogP contribution >= 0.6 is 15.9 Å². The van der Waals surface area contributed by atoms with Crippen LogP contribution in [0.3, 0.4) is 0 Å². The number of nitrogens with zero attached hydrogens (tertiary/aromatic N) is 5. The van der Waals surface area contributed by atoms with E-state index in [1.165, 1.54) is 63.2 Å². The van der Waals surface area contributed by atoms with Gasteiger partial charge < -0.3 is 20.9 Å². The molecular weight excluding hydrogens is 574 g/mol. The van der Waals surface area contributed by atoms with Crippen LogP contribution < -0.4 is 20.9 Å². The topological polar surface area (TPSA) is 83.2 Å². The number of nitrogens with one attached hydrogen (secondary N) is 1. The number of aromatic nitrogens is 3. The maximum absolute atomic E-state index is 5.83. The molecule has 3 saturated heterocycles. The summed E-state index contributed by atoms with van der Waals surface area (Å²) in [5.74, 6) is 1.87. The Morgan fingerprint density at radius 3 is 1.46 bits per heavy atom. The number of halogens is 1. The molecule has 8 heteroatoms. The molecule has 226 valence electrons. The zero-order valence-corrected chi connectivity index (χ0v) is 25.9. The van der Waals surface area contributed by atoms with E-state index in [2.05, 4.69) is 72.0 Å². The third kappa shape index (κ3) is 14.3. The van der Waals surface area contributed by atoms with Crippen LogP contribution in [0.1, 0.15) is 59.8 Å². The molecule has 0 atom stereocenters.